The van der Waals surface area contributed by atoms with Gasteiger partial charge in [-0.2, -0.15) is 0 Å². The normalized spacial score (nSPS) is 10.3. The SMILES string of the molecule is COCc1cncc(C(=O)Nc2cc(C(=O)N(C)C)ccc2C)c1. The predicted octanol–water partition coefficient (Wildman–Crippen LogP) is 2.49. The lowest BCUT2D eigenvalue weighted by Gasteiger charge is -2.14. The van der Waals surface area contributed by atoms with Gasteiger partial charge in [-0.25, -0.2) is 0 Å². The summed E-state index contributed by atoms with van der Waals surface area (Å²) in [6.45, 7) is 2.26. The number of benzene rings is 1. The van der Waals surface area contributed by atoms with E-state index < -0.39 is 0 Å². The van der Waals surface area contributed by atoms with Gasteiger partial charge in [-0.1, -0.05) is 6.07 Å². The van der Waals surface area contributed by atoms with Gasteiger partial charge in [0.05, 0.1) is 12.2 Å². The van der Waals surface area contributed by atoms with Gasteiger partial charge in [0.2, 0.25) is 0 Å². The Morgan fingerprint density at radius 1 is 1.17 bits per heavy atom. The van der Waals surface area contributed by atoms with Crippen LogP contribution in [-0.2, 0) is 11.3 Å². The highest BCUT2D eigenvalue weighted by Crippen LogP contribution is 2.19. The van der Waals surface area contributed by atoms with Crippen LogP contribution in [0.15, 0.2) is 36.7 Å². The summed E-state index contributed by atoms with van der Waals surface area (Å²) in [5.41, 5.74) is 3.25. The van der Waals surface area contributed by atoms with E-state index in [4.69, 9.17) is 4.74 Å². The van der Waals surface area contributed by atoms with Gasteiger partial charge in [-0.3, -0.25) is 14.6 Å². The zero-order valence-corrected chi connectivity index (χ0v) is 14.3. The molecule has 0 spiro atoms. The molecule has 0 saturated heterocycles. The van der Waals surface area contributed by atoms with Crippen molar-refractivity contribution in [2.45, 2.75) is 13.5 Å². The first kappa shape index (κ1) is 17.6. The van der Waals surface area contributed by atoms with Gasteiger partial charge >= 0.3 is 0 Å². The number of carbonyl (C=O) groups is 2. The monoisotopic (exact) mass is 327 g/mol. The second-order valence-electron chi connectivity index (χ2n) is 5.70. The fourth-order valence-electron chi connectivity index (χ4n) is 2.20. The highest BCUT2D eigenvalue weighted by molar-refractivity contribution is 6.05. The Balaban J connectivity index is 2.24. The molecule has 0 saturated carbocycles. The summed E-state index contributed by atoms with van der Waals surface area (Å²) in [6, 6.07) is 6.97. The predicted molar refractivity (Wildman–Crippen MR) is 92.1 cm³/mol. The van der Waals surface area contributed by atoms with Crippen LogP contribution in [0, 0.1) is 6.92 Å². The number of rotatable bonds is 5. The van der Waals surface area contributed by atoms with Crippen LogP contribution < -0.4 is 5.32 Å². The lowest BCUT2D eigenvalue weighted by Crippen LogP contribution is -2.22. The fraction of sp³-hybridized carbons (Fsp3) is 0.278. The van der Waals surface area contributed by atoms with E-state index in [0.29, 0.717) is 23.4 Å². The number of nitrogens with one attached hydrogen (secondary N) is 1. The molecule has 24 heavy (non-hydrogen) atoms. The summed E-state index contributed by atoms with van der Waals surface area (Å²) in [5.74, 6) is -0.396. The van der Waals surface area contributed by atoms with E-state index in [2.05, 4.69) is 10.3 Å². The molecule has 1 aromatic carbocycles. The van der Waals surface area contributed by atoms with Crippen LogP contribution in [0.4, 0.5) is 5.69 Å². The largest absolute Gasteiger partial charge is 0.380 e. The third-order valence-electron chi connectivity index (χ3n) is 3.51. The third kappa shape index (κ3) is 4.17. The zero-order valence-electron chi connectivity index (χ0n) is 14.3. The first-order valence-corrected chi connectivity index (χ1v) is 7.49. The maximum Gasteiger partial charge on any atom is 0.257 e. The lowest BCUT2D eigenvalue weighted by atomic mass is 10.1. The number of hydrogen-bond donors (Lipinski definition) is 1. The molecule has 6 nitrogen and oxygen atoms in total. The van der Waals surface area contributed by atoms with Gasteiger partial charge in [0.15, 0.2) is 0 Å². The molecule has 2 amide bonds. The molecule has 1 aromatic heterocycles. The summed E-state index contributed by atoms with van der Waals surface area (Å²) < 4.78 is 5.05. The van der Waals surface area contributed by atoms with Crippen LogP contribution in [0.3, 0.4) is 0 Å². The number of aryl methyl sites for hydroxylation is 1. The molecule has 2 rings (SSSR count). The molecule has 0 fully saturated rings. The molecule has 1 N–H and O–H groups in total. The molecular weight excluding hydrogens is 306 g/mol. The Bertz CT molecular complexity index is 757. The van der Waals surface area contributed by atoms with Gasteiger partial charge < -0.3 is 15.0 Å². The Kier molecular flexibility index (Phi) is 5.65. The van der Waals surface area contributed by atoms with Crippen molar-refractivity contribution in [3.05, 3.63) is 58.9 Å². The average molecular weight is 327 g/mol. The second-order valence-corrected chi connectivity index (χ2v) is 5.70. The summed E-state index contributed by atoms with van der Waals surface area (Å²) in [5, 5.41) is 2.84. The molecule has 126 valence electrons. The van der Waals surface area contributed by atoms with E-state index in [1.54, 1.807) is 45.6 Å². The van der Waals surface area contributed by atoms with Crippen molar-refractivity contribution in [2.75, 3.05) is 26.5 Å². The average Bonchev–Trinajstić information content (AvgIpc) is 2.56. The Hall–Kier alpha value is -2.73. The van der Waals surface area contributed by atoms with Crippen molar-refractivity contribution in [3.8, 4) is 0 Å². The Morgan fingerprint density at radius 3 is 2.58 bits per heavy atom. The van der Waals surface area contributed by atoms with Gasteiger partial charge in [-0.15, -0.1) is 0 Å². The van der Waals surface area contributed by atoms with E-state index in [0.717, 1.165) is 11.1 Å². The first-order chi connectivity index (χ1) is 11.4. The standard InChI is InChI=1S/C18H21N3O3/c1-12-5-6-14(18(23)21(2)3)8-16(12)20-17(22)15-7-13(11-24-4)9-19-10-15/h5-10H,11H2,1-4H3,(H,20,22). The highest BCUT2D eigenvalue weighted by Gasteiger charge is 2.13. The zero-order chi connectivity index (χ0) is 17.7. The minimum atomic E-state index is -0.280. The van der Waals surface area contributed by atoms with Crippen LogP contribution in [0.25, 0.3) is 0 Å². The molecular formula is C18H21N3O3. The lowest BCUT2D eigenvalue weighted by molar-refractivity contribution is 0.0827. The highest BCUT2D eigenvalue weighted by atomic mass is 16.5. The molecule has 0 radical (unpaired) electrons. The number of hydrogen-bond acceptors (Lipinski definition) is 4. The Morgan fingerprint density at radius 2 is 1.92 bits per heavy atom. The number of pyridine rings is 1. The number of methoxy groups -OCH3 is 1. The molecule has 0 aliphatic rings. The topological polar surface area (TPSA) is 71.5 Å². The van der Waals surface area contributed by atoms with Gasteiger partial charge in [0.1, 0.15) is 0 Å². The number of carbonyl (C=O) groups excluding carboxylic acids is 2. The van der Waals surface area contributed by atoms with E-state index >= 15 is 0 Å². The smallest absolute Gasteiger partial charge is 0.257 e. The molecule has 2 aromatic rings. The first-order valence-electron chi connectivity index (χ1n) is 7.49. The van der Waals surface area contributed by atoms with Gasteiger partial charge in [-0.05, 0) is 36.2 Å². The number of aromatic nitrogens is 1. The number of ether oxygens (including phenoxy) is 1. The molecule has 0 aliphatic carbocycles. The minimum absolute atomic E-state index is 0.116. The van der Waals surface area contributed by atoms with E-state index in [9.17, 15) is 9.59 Å². The van der Waals surface area contributed by atoms with Crippen LogP contribution in [0.2, 0.25) is 0 Å². The van der Waals surface area contributed by atoms with Crippen molar-refractivity contribution in [3.63, 3.8) is 0 Å². The minimum Gasteiger partial charge on any atom is -0.380 e. The summed E-state index contributed by atoms with van der Waals surface area (Å²) in [4.78, 5) is 30.1. The third-order valence-corrected chi connectivity index (χ3v) is 3.51. The van der Waals surface area contributed by atoms with E-state index in [-0.39, 0.29) is 11.8 Å². The quantitative estimate of drug-likeness (QED) is 0.916. The molecule has 1 heterocycles. The van der Waals surface area contributed by atoms with Crippen LogP contribution in [0.1, 0.15) is 31.8 Å². The Labute approximate surface area is 141 Å². The maximum atomic E-state index is 12.5. The fourth-order valence-corrected chi connectivity index (χ4v) is 2.20. The molecule has 0 atom stereocenters. The molecule has 6 heteroatoms. The summed E-state index contributed by atoms with van der Waals surface area (Å²) >= 11 is 0. The second kappa shape index (κ2) is 7.70. The number of amides is 2. The van der Waals surface area contributed by atoms with Crippen LogP contribution in [0.5, 0.6) is 0 Å². The maximum absolute atomic E-state index is 12.5. The number of nitrogens with zero attached hydrogens (tertiary/aromatic N) is 2. The molecule has 0 bridgehead atoms. The van der Waals surface area contributed by atoms with Crippen LogP contribution >= 0.6 is 0 Å². The van der Waals surface area contributed by atoms with Crippen LogP contribution in [-0.4, -0.2) is 42.9 Å². The van der Waals surface area contributed by atoms with E-state index in [1.807, 2.05) is 13.0 Å². The van der Waals surface area contributed by atoms with Crippen molar-refractivity contribution < 1.29 is 14.3 Å². The van der Waals surface area contributed by atoms with Crippen molar-refractivity contribution in [2.24, 2.45) is 0 Å². The summed E-state index contributed by atoms with van der Waals surface area (Å²) in [7, 11) is 4.96. The summed E-state index contributed by atoms with van der Waals surface area (Å²) in [6.07, 6.45) is 3.15. The van der Waals surface area contributed by atoms with Crippen molar-refractivity contribution in [1.29, 1.82) is 0 Å². The molecule has 0 aliphatic heterocycles. The van der Waals surface area contributed by atoms with Crippen molar-refractivity contribution >= 4 is 17.5 Å². The number of anilines is 1. The van der Waals surface area contributed by atoms with Crippen molar-refractivity contribution in [1.82, 2.24) is 9.88 Å². The van der Waals surface area contributed by atoms with Gasteiger partial charge in [0.25, 0.3) is 11.8 Å². The van der Waals surface area contributed by atoms with E-state index in [1.165, 1.54) is 11.1 Å². The molecule has 0 unspecified atom stereocenters. The van der Waals surface area contributed by atoms with Gasteiger partial charge in [0, 0.05) is 44.8 Å².